The summed E-state index contributed by atoms with van der Waals surface area (Å²) in [6.07, 6.45) is 5.82. The lowest BCUT2D eigenvalue weighted by atomic mass is 10.1. The van der Waals surface area contributed by atoms with Crippen molar-refractivity contribution >= 4 is 33.6 Å². The third-order valence-electron chi connectivity index (χ3n) is 4.78. The van der Waals surface area contributed by atoms with Crippen LogP contribution in [0.25, 0.3) is 27.9 Å². The first-order valence-corrected chi connectivity index (χ1v) is 9.10. The Morgan fingerprint density at radius 3 is 2.74 bits per heavy atom. The Hall–Kier alpha value is -3.53. The van der Waals surface area contributed by atoms with E-state index in [0.29, 0.717) is 5.88 Å². The van der Waals surface area contributed by atoms with E-state index in [-0.39, 0.29) is 0 Å². The van der Waals surface area contributed by atoms with Crippen LogP contribution < -0.4 is 14.6 Å². The van der Waals surface area contributed by atoms with Gasteiger partial charge in [-0.2, -0.15) is 4.57 Å². The van der Waals surface area contributed by atoms with E-state index < -0.39 is 0 Å². The Kier molecular flexibility index (Phi) is 3.68. The molecule has 2 heterocycles. The lowest BCUT2D eigenvalue weighted by Crippen LogP contribution is -2.33. The number of hydrogen-bond acceptors (Lipinski definition) is 3. The SMILES string of the molecule is CC[n+]1c(C=CC=C2Nc3ccccc3O2)oc2ccc3ccccc3c21. The van der Waals surface area contributed by atoms with Crippen LogP contribution in [0.1, 0.15) is 12.8 Å². The van der Waals surface area contributed by atoms with E-state index in [4.69, 9.17) is 9.15 Å². The van der Waals surface area contributed by atoms with Gasteiger partial charge in [-0.1, -0.05) is 36.4 Å². The smallest absolute Gasteiger partial charge is 0.374 e. The van der Waals surface area contributed by atoms with E-state index in [0.717, 1.165) is 35.0 Å². The highest BCUT2D eigenvalue weighted by molar-refractivity contribution is 6.01. The number of rotatable bonds is 3. The van der Waals surface area contributed by atoms with E-state index in [1.54, 1.807) is 0 Å². The molecule has 132 valence electrons. The van der Waals surface area contributed by atoms with Crippen LogP contribution >= 0.6 is 0 Å². The van der Waals surface area contributed by atoms with E-state index in [2.05, 4.69) is 47.1 Å². The molecular weight excluding hydrogens is 336 g/mol. The number of ether oxygens (including phenoxy) is 1. The Labute approximate surface area is 157 Å². The van der Waals surface area contributed by atoms with Crippen LogP contribution in [-0.4, -0.2) is 0 Å². The first-order chi connectivity index (χ1) is 13.3. The van der Waals surface area contributed by atoms with Crippen molar-refractivity contribution in [1.82, 2.24) is 0 Å². The Morgan fingerprint density at radius 2 is 1.85 bits per heavy atom. The lowest BCUT2D eigenvalue weighted by molar-refractivity contribution is -0.673. The van der Waals surface area contributed by atoms with Gasteiger partial charge in [0, 0.05) is 0 Å². The molecule has 1 N–H and O–H groups in total. The average molecular weight is 355 g/mol. The van der Waals surface area contributed by atoms with Crippen molar-refractivity contribution in [2.45, 2.75) is 13.5 Å². The number of nitrogens with one attached hydrogen (secondary N) is 1. The normalized spacial score (nSPS) is 14.8. The van der Waals surface area contributed by atoms with Gasteiger partial charge >= 0.3 is 5.89 Å². The summed E-state index contributed by atoms with van der Waals surface area (Å²) >= 11 is 0. The number of aromatic nitrogens is 1. The molecule has 1 aliphatic heterocycles. The number of aryl methyl sites for hydroxylation is 1. The fourth-order valence-corrected chi connectivity index (χ4v) is 3.54. The molecule has 1 aliphatic rings. The second-order valence-electron chi connectivity index (χ2n) is 6.43. The fraction of sp³-hybridized carbons (Fsp3) is 0.0870. The van der Waals surface area contributed by atoms with Crippen LogP contribution in [0, 0.1) is 0 Å². The van der Waals surface area contributed by atoms with Gasteiger partial charge in [-0.05, 0) is 48.7 Å². The third-order valence-corrected chi connectivity index (χ3v) is 4.78. The molecule has 0 bridgehead atoms. The maximum atomic E-state index is 6.11. The summed E-state index contributed by atoms with van der Waals surface area (Å²) in [6, 6.07) is 20.4. The molecule has 5 rings (SSSR count). The fourth-order valence-electron chi connectivity index (χ4n) is 3.54. The molecule has 1 aromatic heterocycles. The summed E-state index contributed by atoms with van der Waals surface area (Å²) < 4.78 is 14.1. The molecule has 0 spiro atoms. The topological polar surface area (TPSA) is 38.3 Å². The van der Waals surface area contributed by atoms with Crippen molar-refractivity contribution in [1.29, 1.82) is 0 Å². The molecule has 27 heavy (non-hydrogen) atoms. The second-order valence-corrected chi connectivity index (χ2v) is 6.43. The summed E-state index contributed by atoms with van der Waals surface area (Å²) in [6.45, 7) is 2.96. The van der Waals surface area contributed by atoms with E-state index in [1.165, 1.54) is 10.8 Å². The lowest BCUT2D eigenvalue weighted by Gasteiger charge is -1.96. The molecule has 0 saturated carbocycles. The molecule has 3 aromatic carbocycles. The minimum Gasteiger partial charge on any atom is -0.439 e. The molecule has 4 heteroatoms. The second kappa shape index (κ2) is 6.32. The van der Waals surface area contributed by atoms with Gasteiger partial charge < -0.3 is 14.5 Å². The van der Waals surface area contributed by atoms with Crippen LogP contribution in [0.15, 0.2) is 83.1 Å². The molecule has 4 nitrogen and oxygen atoms in total. The predicted octanol–water partition coefficient (Wildman–Crippen LogP) is 5.25. The average Bonchev–Trinajstić information content (AvgIpc) is 3.28. The van der Waals surface area contributed by atoms with E-state index in [9.17, 15) is 0 Å². The molecule has 0 saturated heterocycles. The molecule has 4 aromatic rings. The quantitative estimate of drug-likeness (QED) is 0.510. The minimum absolute atomic E-state index is 0.706. The van der Waals surface area contributed by atoms with Gasteiger partial charge in [0.05, 0.1) is 17.1 Å². The standard InChI is InChI=1S/C23H18N2O2/c1-2-25-22(13-7-12-21-24-18-10-5-6-11-19(18)26-21)27-20-15-14-16-8-3-4-9-17(16)23(20)25/h3-15H,2H2,1H3/p+1. The van der Waals surface area contributed by atoms with Crippen LogP contribution in [0.3, 0.4) is 0 Å². The van der Waals surface area contributed by atoms with Crippen LogP contribution in [-0.2, 0) is 6.54 Å². The maximum Gasteiger partial charge on any atom is 0.374 e. The Bertz CT molecular complexity index is 1190. The van der Waals surface area contributed by atoms with Gasteiger partial charge in [-0.3, -0.25) is 0 Å². The Morgan fingerprint density at radius 1 is 1.00 bits per heavy atom. The van der Waals surface area contributed by atoms with Crippen LogP contribution in [0.2, 0.25) is 0 Å². The summed E-state index contributed by atoms with van der Waals surface area (Å²) in [7, 11) is 0. The molecule has 0 radical (unpaired) electrons. The van der Waals surface area contributed by atoms with Crippen molar-refractivity contribution < 1.29 is 13.7 Å². The zero-order valence-electron chi connectivity index (χ0n) is 15.0. The molecule has 0 unspecified atom stereocenters. The first-order valence-electron chi connectivity index (χ1n) is 9.10. The molecular formula is C23H19N2O2+. The van der Waals surface area contributed by atoms with Gasteiger partial charge in [0.1, 0.15) is 6.54 Å². The molecule has 0 amide bonds. The molecule has 0 fully saturated rings. The Balaban J connectivity index is 1.51. The minimum atomic E-state index is 0.706. The zero-order valence-corrected chi connectivity index (χ0v) is 15.0. The van der Waals surface area contributed by atoms with Gasteiger partial charge in [-0.25, -0.2) is 0 Å². The number of para-hydroxylation sites is 2. The van der Waals surface area contributed by atoms with Gasteiger partial charge in [0.2, 0.25) is 5.58 Å². The highest BCUT2D eigenvalue weighted by Crippen LogP contribution is 2.32. The van der Waals surface area contributed by atoms with Crippen molar-refractivity contribution in [3.8, 4) is 5.75 Å². The number of hydrogen-bond donors (Lipinski definition) is 1. The van der Waals surface area contributed by atoms with Gasteiger partial charge in [0.15, 0.2) is 11.6 Å². The monoisotopic (exact) mass is 355 g/mol. The zero-order chi connectivity index (χ0) is 18.2. The van der Waals surface area contributed by atoms with Crippen molar-refractivity contribution in [3.05, 3.63) is 84.6 Å². The van der Waals surface area contributed by atoms with E-state index in [1.807, 2.05) is 48.6 Å². The van der Waals surface area contributed by atoms with Gasteiger partial charge in [0.25, 0.3) is 5.52 Å². The van der Waals surface area contributed by atoms with Crippen molar-refractivity contribution in [2.24, 2.45) is 0 Å². The first kappa shape index (κ1) is 15.7. The predicted molar refractivity (Wildman–Crippen MR) is 107 cm³/mol. The van der Waals surface area contributed by atoms with Crippen molar-refractivity contribution in [2.75, 3.05) is 5.32 Å². The molecule has 0 aliphatic carbocycles. The highest BCUT2D eigenvalue weighted by Gasteiger charge is 2.21. The van der Waals surface area contributed by atoms with Crippen LogP contribution in [0.4, 0.5) is 5.69 Å². The summed E-state index contributed by atoms with van der Waals surface area (Å²) in [4.78, 5) is 0. The summed E-state index contributed by atoms with van der Waals surface area (Å²) in [5, 5.41) is 5.67. The number of oxazole rings is 1. The van der Waals surface area contributed by atoms with E-state index >= 15 is 0 Å². The van der Waals surface area contributed by atoms with Crippen LogP contribution in [0.5, 0.6) is 5.75 Å². The number of nitrogens with zero attached hydrogens (tertiary/aromatic N) is 1. The number of anilines is 1. The number of fused-ring (bicyclic) bond motifs is 4. The highest BCUT2D eigenvalue weighted by atomic mass is 16.5. The summed E-state index contributed by atoms with van der Waals surface area (Å²) in [5.41, 5.74) is 3.01. The van der Waals surface area contributed by atoms with Crippen molar-refractivity contribution in [3.63, 3.8) is 0 Å². The number of allylic oxidation sites excluding steroid dienone is 2. The third kappa shape index (κ3) is 2.66. The number of benzene rings is 3. The summed E-state index contributed by atoms with van der Waals surface area (Å²) in [5.74, 6) is 2.37. The largest absolute Gasteiger partial charge is 0.439 e. The molecule has 0 atom stereocenters. The maximum absolute atomic E-state index is 6.11. The van der Waals surface area contributed by atoms with Gasteiger partial charge in [-0.15, -0.1) is 0 Å².